The predicted octanol–water partition coefficient (Wildman–Crippen LogP) is 11.0. The lowest BCUT2D eigenvalue weighted by Gasteiger charge is -2.33. The van der Waals surface area contributed by atoms with Crippen LogP contribution < -0.4 is 9.64 Å². The van der Waals surface area contributed by atoms with Crippen molar-refractivity contribution in [1.82, 2.24) is 0 Å². The molecule has 0 bridgehead atoms. The van der Waals surface area contributed by atoms with Gasteiger partial charge in [-0.1, -0.05) is 91.0 Å². The van der Waals surface area contributed by atoms with Crippen molar-refractivity contribution in [2.75, 3.05) is 4.90 Å². The first-order valence-electron chi connectivity index (χ1n) is 13.1. The van der Waals surface area contributed by atoms with Crippen LogP contribution in [0.4, 0.5) is 17.1 Å². The van der Waals surface area contributed by atoms with E-state index in [1.807, 2.05) is 17.4 Å². The number of hydrogen-bond acceptors (Lipinski definition) is 3. The van der Waals surface area contributed by atoms with Gasteiger partial charge in [-0.15, -0.1) is 11.3 Å². The van der Waals surface area contributed by atoms with Gasteiger partial charge < -0.3 is 9.64 Å². The third kappa shape index (κ3) is 3.70. The van der Waals surface area contributed by atoms with Gasteiger partial charge in [-0.25, -0.2) is 0 Å². The minimum atomic E-state index is 0.857. The van der Waals surface area contributed by atoms with Crippen molar-refractivity contribution in [3.63, 3.8) is 0 Å². The predicted molar refractivity (Wildman–Crippen MR) is 165 cm³/mol. The molecular weight excluding hydrogens is 494 g/mol. The van der Waals surface area contributed by atoms with Gasteiger partial charge in [0.05, 0.1) is 11.4 Å². The van der Waals surface area contributed by atoms with Crippen LogP contribution in [0.5, 0.6) is 11.5 Å². The second-order valence-electron chi connectivity index (χ2n) is 9.82. The minimum absolute atomic E-state index is 0.857. The Balaban J connectivity index is 1.40. The molecule has 8 rings (SSSR count). The summed E-state index contributed by atoms with van der Waals surface area (Å²) in [5.74, 6) is 1.73. The fraction of sp³-hybridized carbons (Fsp3) is 0. The van der Waals surface area contributed by atoms with E-state index in [0.717, 1.165) is 28.6 Å². The summed E-state index contributed by atoms with van der Waals surface area (Å²) in [6.07, 6.45) is 0. The van der Waals surface area contributed by atoms with E-state index < -0.39 is 0 Å². The number of nitrogens with zero attached hydrogens (tertiary/aromatic N) is 1. The monoisotopic (exact) mass is 517 g/mol. The van der Waals surface area contributed by atoms with Crippen molar-refractivity contribution in [2.45, 2.75) is 0 Å². The molecular formula is C36H23NOS. The number of para-hydroxylation sites is 2. The van der Waals surface area contributed by atoms with Crippen LogP contribution in [0.1, 0.15) is 0 Å². The van der Waals surface area contributed by atoms with Crippen LogP contribution in [-0.2, 0) is 0 Å². The molecule has 1 aliphatic rings. The molecule has 6 aromatic carbocycles. The largest absolute Gasteiger partial charge is 0.453 e. The molecule has 1 aliphatic heterocycles. The van der Waals surface area contributed by atoms with Crippen LogP contribution in [-0.4, -0.2) is 0 Å². The second-order valence-corrected chi connectivity index (χ2v) is 10.9. The van der Waals surface area contributed by atoms with E-state index in [1.54, 1.807) is 0 Å². The maximum Gasteiger partial charge on any atom is 0.152 e. The Hall–Kier alpha value is -4.86. The highest BCUT2D eigenvalue weighted by molar-refractivity contribution is 7.25. The maximum atomic E-state index is 6.55. The smallest absolute Gasteiger partial charge is 0.152 e. The summed E-state index contributed by atoms with van der Waals surface area (Å²) in [6, 6.07) is 49.5. The number of thiophene rings is 1. The van der Waals surface area contributed by atoms with Gasteiger partial charge in [-0.3, -0.25) is 0 Å². The molecule has 39 heavy (non-hydrogen) atoms. The lowest BCUT2D eigenvalue weighted by molar-refractivity contribution is 0.478. The van der Waals surface area contributed by atoms with Crippen LogP contribution in [0.25, 0.3) is 42.4 Å². The van der Waals surface area contributed by atoms with E-state index in [4.69, 9.17) is 4.74 Å². The van der Waals surface area contributed by atoms with Gasteiger partial charge in [0.25, 0.3) is 0 Å². The third-order valence-corrected chi connectivity index (χ3v) is 8.55. The summed E-state index contributed by atoms with van der Waals surface area (Å²) in [6.45, 7) is 0. The molecule has 7 aromatic rings. The minimum Gasteiger partial charge on any atom is -0.453 e. The summed E-state index contributed by atoms with van der Waals surface area (Å²) in [7, 11) is 0. The van der Waals surface area contributed by atoms with E-state index in [2.05, 4.69) is 138 Å². The Morgan fingerprint density at radius 1 is 0.436 bits per heavy atom. The molecule has 184 valence electrons. The highest BCUT2D eigenvalue weighted by atomic mass is 32.1. The maximum absolute atomic E-state index is 6.55. The van der Waals surface area contributed by atoms with E-state index in [0.29, 0.717) is 0 Å². The van der Waals surface area contributed by atoms with Gasteiger partial charge in [0, 0.05) is 25.9 Å². The fourth-order valence-corrected chi connectivity index (χ4v) is 6.71. The topological polar surface area (TPSA) is 12.5 Å². The van der Waals surface area contributed by atoms with Crippen molar-refractivity contribution in [3.8, 4) is 33.8 Å². The van der Waals surface area contributed by atoms with Crippen LogP contribution in [0.2, 0.25) is 0 Å². The van der Waals surface area contributed by atoms with Gasteiger partial charge in [-0.2, -0.15) is 0 Å². The number of hydrogen-bond donors (Lipinski definition) is 0. The first kappa shape index (κ1) is 22.2. The van der Waals surface area contributed by atoms with Gasteiger partial charge >= 0.3 is 0 Å². The zero-order chi connectivity index (χ0) is 25.8. The van der Waals surface area contributed by atoms with Crippen molar-refractivity contribution in [2.24, 2.45) is 0 Å². The molecule has 2 nitrogen and oxygen atoms in total. The standard InChI is InChI=1S/C36H23NOS/c1-3-11-24(12-4-1)26-19-27(25-13-5-2-6-14-25)21-28(20-26)37-31-16-8-9-17-33(31)38-34-22-30-29-15-7-10-18-35(29)39-36(30)23-32(34)37/h1-23H. The Morgan fingerprint density at radius 3 is 1.82 bits per heavy atom. The van der Waals surface area contributed by atoms with Crippen LogP contribution >= 0.6 is 11.3 Å². The van der Waals surface area contributed by atoms with Crippen molar-refractivity contribution in [3.05, 3.63) is 140 Å². The Bertz CT molecular complexity index is 1930. The molecule has 0 radical (unpaired) electrons. The average Bonchev–Trinajstić information content (AvgIpc) is 3.37. The first-order chi connectivity index (χ1) is 19.3. The Labute approximate surface area is 231 Å². The lowest BCUT2D eigenvalue weighted by Crippen LogP contribution is -2.16. The summed E-state index contributed by atoms with van der Waals surface area (Å²) < 4.78 is 9.09. The van der Waals surface area contributed by atoms with E-state index in [-0.39, 0.29) is 0 Å². The summed E-state index contributed by atoms with van der Waals surface area (Å²) >= 11 is 1.83. The number of fused-ring (bicyclic) bond motifs is 5. The quantitative estimate of drug-likeness (QED) is 0.231. The summed E-state index contributed by atoms with van der Waals surface area (Å²) in [4.78, 5) is 2.36. The normalized spacial score (nSPS) is 12.3. The molecule has 2 heterocycles. The third-order valence-electron chi connectivity index (χ3n) is 7.42. The van der Waals surface area contributed by atoms with E-state index in [1.165, 1.54) is 42.4 Å². The molecule has 0 spiro atoms. The zero-order valence-electron chi connectivity index (χ0n) is 21.0. The van der Waals surface area contributed by atoms with Gasteiger partial charge in [-0.05, 0) is 70.8 Å². The number of ether oxygens (including phenoxy) is 1. The molecule has 0 saturated carbocycles. The van der Waals surface area contributed by atoms with Gasteiger partial charge in [0.1, 0.15) is 0 Å². The Morgan fingerprint density at radius 2 is 1.08 bits per heavy atom. The zero-order valence-corrected chi connectivity index (χ0v) is 21.9. The molecule has 0 unspecified atom stereocenters. The molecule has 0 saturated heterocycles. The Kier molecular flexibility index (Phi) is 5.04. The number of benzene rings is 6. The van der Waals surface area contributed by atoms with Gasteiger partial charge in [0.15, 0.2) is 11.5 Å². The SMILES string of the molecule is c1ccc(-c2cc(-c3ccccc3)cc(N3c4ccccc4Oc4cc5c(cc43)sc3ccccc35)c2)cc1. The molecule has 1 aromatic heterocycles. The molecule has 0 amide bonds. The molecule has 0 fully saturated rings. The second kappa shape index (κ2) is 8.87. The number of rotatable bonds is 3. The van der Waals surface area contributed by atoms with Gasteiger partial charge in [0.2, 0.25) is 0 Å². The fourth-order valence-electron chi connectivity index (χ4n) is 5.59. The molecule has 0 atom stereocenters. The highest BCUT2D eigenvalue weighted by Gasteiger charge is 2.27. The summed E-state index contributed by atoms with van der Waals surface area (Å²) in [5, 5.41) is 2.50. The lowest BCUT2D eigenvalue weighted by atomic mass is 9.97. The van der Waals surface area contributed by atoms with Crippen LogP contribution in [0.3, 0.4) is 0 Å². The van der Waals surface area contributed by atoms with Crippen molar-refractivity contribution < 1.29 is 4.74 Å². The summed E-state index contributed by atoms with van der Waals surface area (Å²) in [5.41, 5.74) is 7.94. The highest BCUT2D eigenvalue weighted by Crippen LogP contribution is 2.53. The molecule has 3 heteroatoms. The van der Waals surface area contributed by atoms with Crippen LogP contribution in [0.15, 0.2) is 140 Å². The van der Waals surface area contributed by atoms with Crippen LogP contribution in [0, 0.1) is 0 Å². The molecule has 0 aliphatic carbocycles. The van der Waals surface area contributed by atoms with Crippen molar-refractivity contribution in [1.29, 1.82) is 0 Å². The molecule has 0 N–H and O–H groups in total. The number of anilines is 3. The average molecular weight is 518 g/mol. The first-order valence-corrected chi connectivity index (χ1v) is 13.9. The van der Waals surface area contributed by atoms with Crippen molar-refractivity contribution >= 4 is 48.6 Å². The van der Waals surface area contributed by atoms with E-state index in [9.17, 15) is 0 Å². The van der Waals surface area contributed by atoms with E-state index >= 15 is 0 Å².